The summed E-state index contributed by atoms with van der Waals surface area (Å²) in [6, 6.07) is 0. The molecule has 0 aliphatic rings. The van der Waals surface area contributed by atoms with Gasteiger partial charge in [0, 0.05) is 0 Å². The van der Waals surface area contributed by atoms with E-state index in [0.29, 0.717) is 0 Å². The topological polar surface area (TPSA) is 0 Å². The first kappa shape index (κ1) is 15.7. The molecular weight excluding hydrogens is 282 g/mol. The summed E-state index contributed by atoms with van der Waals surface area (Å²) in [6.45, 7) is 5.72. The zero-order chi connectivity index (χ0) is 3.41. The third-order valence-corrected chi connectivity index (χ3v) is 0.354. The molecule has 0 unspecified atom stereocenters. The molecule has 0 atom stereocenters. The van der Waals surface area contributed by atoms with Crippen LogP contribution in [-0.2, 0) is 0 Å². The van der Waals surface area contributed by atoms with Crippen LogP contribution in [0.2, 0.25) is 0 Å². The van der Waals surface area contributed by atoms with Crippen molar-refractivity contribution in [3.05, 3.63) is 6.92 Å². The van der Waals surface area contributed by atoms with E-state index < -0.39 is 0 Å². The summed E-state index contributed by atoms with van der Waals surface area (Å²) in [6.07, 6.45) is 2.28. The maximum absolute atomic E-state index is 3.60. The molecule has 37 valence electrons. The summed E-state index contributed by atoms with van der Waals surface area (Å²) in [5, 5.41) is 0. The molecule has 0 saturated heterocycles. The Balaban J connectivity index is -0.0000000450. The molecule has 0 bridgehead atoms. The molecule has 0 aromatic heterocycles. The monoisotopic (exact) mass is 297 g/mol. The van der Waals surface area contributed by atoms with Crippen LogP contribution in [0.5, 0.6) is 0 Å². The van der Waals surface area contributed by atoms with Gasteiger partial charge < -0.3 is 0 Å². The zero-order valence-electron chi connectivity index (χ0n) is 3.83. The molecule has 0 N–H and O–H groups in total. The van der Waals surface area contributed by atoms with Crippen LogP contribution in [-0.4, -0.2) is 44.7 Å². The van der Waals surface area contributed by atoms with E-state index >= 15 is 0 Å². The van der Waals surface area contributed by atoms with Crippen molar-refractivity contribution >= 4 is 44.7 Å². The predicted octanol–water partition coefficient (Wildman–Crippen LogP) is -0.480. The summed E-state index contributed by atoms with van der Waals surface area (Å²) in [4.78, 5) is 0. The summed E-state index contributed by atoms with van der Waals surface area (Å²) < 4.78 is 0. The molecule has 0 saturated carbocycles. The first-order valence-electron chi connectivity index (χ1n) is 1.71. The Morgan fingerprint density at radius 1 is 1.50 bits per heavy atom. The molecule has 0 fully saturated rings. The fourth-order valence-corrected chi connectivity index (χ4v) is 0. The Morgan fingerprint density at radius 3 is 1.67 bits per heavy atom. The van der Waals surface area contributed by atoms with E-state index in [1.807, 2.05) is 0 Å². The SMILES string of the molecule is [AlH3].[CH2]CCC.[PbH2]. The quantitative estimate of drug-likeness (QED) is 0.574. The fourth-order valence-electron chi connectivity index (χ4n) is 0. The molecule has 0 aromatic carbocycles. The van der Waals surface area contributed by atoms with Crippen molar-refractivity contribution in [2.24, 2.45) is 0 Å². The summed E-state index contributed by atoms with van der Waals surface area (Å²) >= 11 is 0. The summed E-state index contributed by atoms with van der Waals surface area (Å²) in [5.74, 6) is 0. The van der Waals surface area contributed by atoms with E-state index in [2.05, 4.69) is 13.8 Å². The minimum atomic E-state index is 0. The second-order valence-electron chi connectivity index (χ2n) is 0.854. The van der Waals surface area contributed by atoms with Gasteiger partial charge in [-0.2, -0.15) is 0 Å². The van der Waals surface area contributed by atoms with Gasteiger partial charge in [-0.3, -0.25) is 0 Å². The molecule has 0 amide bonds. The molecule has 0 heterocycles. The van der Waals surface area contributed by atoms with Crippen molar-refractivity contribution in [3.8, 4) is 0 Å². The fraction of sp³-hybridized carbons (Fsp3) is 0.750. The van der Waals surface area contributed by atoms with Gasteiger partial charge in [-0.25, -0.2) is 0 Å². The van der Waals surface area contributed by atoms with Gasteiger partial charge in [0.05, 0.1) is 0 Å². The second kappa shape index (κ2) is 16.1. The van der Waals surface area contributed by atoms with E-state index in [1.165, 1.54) is 6.42 Å². The number of unbranched alkanes of at least 4 members (excludes halogenated alkanes) is 1. The van der Waals surface area contributed by atoms with E-state index in [-0.39, 0.29) is 44.7 Å². The standard InChI is InChI=1S/C4H9.Al.Pb.5H/c1-3-4-2;;;;;;;/h1,3-4H2,2H3;;;;;;;. The van der Waals surface area contributed by atoms with Crippen molar-refractivity contribution in [2.75, 3.05) is 0 Å². The molecule has 0 aliphatic carbocycles. The Hall–Kier alpha value is 1.45. The van der Waals surface area contributed by atoms with Gasteiger partial charge in [-0.05, 0) is 0 Å². The van der Waals surface area contributed by atoms with Crippen LogP contribution in [0.25, 0.3) is 0 Å². The van der Waals surface area contributed by atoms with E-state index in [4.69, 9.17) is 0 Å². The summed E-state index contributed by atoms with van der Waals surface area (Å²) in [5.41, 5.74) is 0. The third-order valence-electron chi connectivity index (χ3n) is 0.354. The molecule has 0 spiro atoms. The maximum atomic E-state index is 3.60. The van der Waals surface area contributed by atoms with Crippen molar-refractivity contribution in [1.29, 1.82) is 0 Å². The van der Waals surface area contributed by atoms with Crippen molar-refractivity contribution in [1.82, 2.24) is 0 Å². The number of hydrogen-bond donors (Lipinski definition) is 0. The van der Waals surface area contributed by atoms with E-state index in [9.17, 15) is 0 Å². The van der Waals surface area contributed by atoms with Gasteiger partial charge in [-0.1, -0.05) is 26.7 Å². The first-order chi connectivity index (χ1) is 1.91. The Bertz CT molecular complexity index is 9.51. The average molecular weight is 296 g/mol. The van der Waals surface area contributed by atoms with Crippen LogP contribution in [0.1, 0.15) is 19.8 Å². The average Bonchev–Trinajstić information content (AvgIpc) is 1.37. The molecule has 0 rings (SSSR count). The van der Waals surface area contributed by atoms with Crippen LogP contribution in [0.4, 0.5) is 0 Å². The van der Waals surface area contributed by atoms with Crippen LogP contribution in [0, 0.1) is 6.92 Å². The van der Waals surface area contributed by atoms with Crippen LogP contribution in [0.3, 0.4) is 0 Å². The van der Waals surface area contributed by atoms with Gasteiger partial charge in [0.25, 0.3) is 0 Å². The van der Waals surface area contributed by atoms with Crippen molar-refractivity contribution in [2.45, 2.75) is 19.8 Å². The molecule has 2 heteroatoms. The Kier molecular flexibility index (Phi) is 42.0. The van der Waals surface area contributed by atoms with Gasteiger partial charge in [0.2, 0.25) is 0 Å². The van der Waals surface area contributed by atoms with E-state index in [1.54, 1.807) is 0 Å². The Labute approximate surface area is 71.0 Å². The van der Waals surface area contributed by atoms with Crippen LogP contribution < -0.4 is 0 Å². The molecule has 0 aromatic rings. The predicted molar refractivity (Wildman–Crippen MR) is 38.7 cm³/mol. The summed E-state index contributed by atoms with van der Waals surface area (Å²) in [7, 11) is 0. The minimum absolute atomic E-state index is 0. The first-order valence-corrected chi connectivity index (χ1v) is 1.71. The normalized spacial score (nSPS) is 5.00. The molecule has 3 radical (unpaired) electrons. The van der Waals surface area contributed by atoms with Gasteiger partial charge in [0.1, 0.15) is 0 Å². The van der Waals surface area contributed by atoms with Gasteiger partial charge in [0.15, 0.2) is 17.4 Å². The third kappa shape index (κ3) is 18.0. The Morgan fingerprint density at radius 2 is 1.67 bits per heavy atom. The van der Waals surface area contributed by atoms with Crippen molar-refractivity contribution in [3.63, 3.8) is 0 Å². The molecular formula is C4H14AlPb. The number of hydrogen-bond acceptors (Lipinski definition) is 0. The second-order valence-corrected chi connectivity index (χ2v) is 0.854. The number of rotatable bonds is 1. The molecule has 0 nitrogen and oxygen atoms in total. The van der Waals surface area contributed by atoms with Crippen LogP contribution >= 0.6 is 0 Å². The zero-order valence-corrected chi connectivity index (χ0v) is 9.33. The van der Waals surface area contributed by atoms with Crippen LogP contribution in [0.15, 0.2) is 0 Å². The van der Waals surface area contributed by atoms with Gasteiger partial charge >= 0.3 is 27.3 Å². The van der Waals surface area contributed by atoms with Gasteiger partial charge in [-0.15, -0.1) is 0 Å². The molecule has 6 heavy (non-hydrogen) atoms. The molecule has 0 aliphatic heterocycles. The van der Waals surface area contributed by atoms with E-state index in [0.717, 1.165) is 6.42 Å². The van der Waals surface area contributed by atoms with Crippen molar-refractivity contribution < 1.29 is 0 Å².